The molecule has 4 rings (SSSR count). The van der Waals surface area contributed by atoms with E-state index in [1.807, 2.05) is 36.4 Å². The maximum atomic E-state index is 12.9. The molecule has 2 N–H and O–H groups in total. The molecule has 0 bridgehead atoms. The molecule has 6 heteroatoms. The zero-order valence-corrected chi connectivity index (χ0v) is 18.2. The Labute approximate surface area is 188 Å². The molecule has 1 aliphatic heterocycles. The number of methoxy groups -OCH3 is 1. The first-order chi connectivity index (χ1) is 15.5. The molecule has 1 saturated heterocycles. The highest BCUT2D eigenvalue weighted by molar-refractivity contribution is 5.96. The summed E-state index contributed by atoms with van der Waals surface area (Å²) in [6.45, 7) is 2.79. The van der Waals surface area contributed by atoms with Gasteiger partial charge in [0.25, 0.3) is 0 Å². The van der Waals surface area contributed by atoms with Crippen molar-refractivity contribution in [2.24, 2.45) is 5.92 Å². The molecule has 164 valence electrons. The van der Waals surface area contributed by atoms with Gasteiger partial charge in [-0.15, -0.1) is 0 Å². The average molecular weight is 430 g/mol. The second-order valence-corrected chi connectivity index (χ2v) is 7.96. The number of amides is 2. The largest absolute Gasteiger partial charge is 0.494 e. The van der Waals surface area contributed by atoms with Gasteiger partial charge in [0.05, 0.1) is 24.8 Å². The van der Waals surface area contributed by atoms with Gasteiger partial charge >= 0.3 is 0 Å². The Hall–Kier alpha value is -3.64. The fourth-order valence-electron chi connectivity index (χ4n) is 4.08. The first kappa shape index (κ1) is 21.6. The maximum Gasteiger partial charge on any atom is 0.230 e. The van der Waals surface area contributed by atoms with Gasteiger partial charge in [0.1, 0.15) is 5.75 Å². The Balaban J connectivity index is 1.44. The summed E-state index contributed by atoms with van der Waals surface area (Å²) in [4.78, 5) is 26.5. The molecule has 1 heterocycles. The predicted octanol–water partition coefficient (Wildman–Crippen LogP) is 4.31. The lowest BCUT2D eigenvalue weighted by Crippen LogP contribution is -2.53. The van der Waals surface area contributed by atoms with E-state index in [9.17, 15) is 9.59 Å². The molecule has 0 saturated carbocycles. The molecule has 1 fully saturated rings. The maximum absolute atomic E-state index is 12.9. The molecule has 0 aromatic heterocycles. The van der Waals surface area contributed by atoms with E-state index in [0.29, 0.717) is 30.2 Å². The zero-order valence-electron chi connectivity index (χ0n) is 18.2. The van der Waals surface area contributed by atoms with E-state index in [0.717, 1.165) is 0 Å². The van der Waals surface area contributed by atoms with Crippen molar-refractivity contribution in [3.8, 4) is 5.75 Å². The van der Waals surface area contributed by atoms with Gasteiger partial charge in [-0.3, -0.25) is 14.5 Å². The average Bonchev–Trinajstić information content (AvgIpc) is 2.77. The van der Waals surface area contributed by atoms with Crippen LogP contribution in [-0.2, 0) is 9.59 Å². The molecule has 0 spiro atoms. The number of hydrogen-bond donors (Lipinski definition) is 2. The Morgan fingerprint density at radius 3 is 2.03 bits per heavy atom. The van der Waals surface area contributed by atoms with E-state index in [1.165, 1.54) is 25.2 Å². The van der Waals surface area contributed by atoms with E-state index in [4.69, 9.17) is 4.74 Å². The summed E-state index contributed by atoms with van der Waals surface area (Å²) in [7, 11) is 1.54. The fraction of sp³-hybridized carbons (Fsp3) is 0.231. The monoisotopic (exact) mass is 429 g/mol. The molecule has 1 aliphatic rings. The number of nitrogens with zero attached hydrogens (tertiary/aromatic N) is 1. The van der Waals surface area contributed by atoms with Crippen LogP contribution in [0, 0.1) is 5.92 Å². The Kier molecular flexibility index (Phi) is 6.52. The van der Waals surface area contributed by atoms with Crippen LogP contribution in [0.5, 0.6) is 5.75 Å². The summed E-state index contributed by atoms with van der Waals surface area (Å²) in [5, 5.41) is 5.70. The first-order valence-electron chi connectivity index (χ1n) is 10.7. The SMILES string of the molecule is COc1cc(NC(C)=O)ccc1NC(=O)C1CN(C(c2ccccc2)c2ccccc2)C1. The molecule has 0 atom stereocenters. The smallest absolute Gasteiger partial charge is 0.230 e. The topological polar surface area (TPSA) is 70.7 Å². The van der Waals surface area contributed by atoms with E-state index in [1.54, 1.807) is 18.2 Å². The van der Waals surface area contributed by atoms with Crippen LogP contribution in [-0.4, -0.2) is 36.9 Å². The molecule has 0 unspecified atom stereocenters. The molecular formula is C26H27N3O3. The van der Waals surface area contributed by atoms with Gasteiger partial charge in [-0.25, -0.2) is 0 Å². The first-order valence-corrected chi connectivity index (χ1v) is 10.7. The van der Waals surface area contributed by atoms with Gasteiger partial charge < -0.3 is 15.4 Å². The van der Waals surface area contributed by atoms with Crippen molar-refractivity contribution in [2.45, 2.75) is 13.0 Å². The van der Waals surface area contributed by atoms with E-state index in [2.05, 4.69) is 39.8 Å². The lowest BCUT2D eigenvalue weighted by molar-refractivity contribution is -0.125. The molecule has 3 aromatic carbocycles. The van der Waals surface area contributed by atoms with Crippen LogP contribution in [0.1, 0.15) is 24.1 Å². The molecule has 0 aliphatic carbocycles. The van der Waals surface area contributed by atoms with Gasteiger partial charge in [-0.1, -0.05) is 60.7 Å². The quantitative estimate of drug-likeness (QED) is 0.587. The van der Waals surface area contributed by atoms with Crippen LogP contribution in [0.25, 0.3) is 0 Å². The second kappa shape index (κ2) is 9.66. The number of carbonyl (C=O) groups is 2. The molecule has 3 aromatic rings. The van der Waals surface area contributed by atoms with Gasteiger partial charge in [0.15, 0.2) is 0 Å². The standard InChI is InChI=1S/C26H27N3O3/c1-18(30)27-22-13-14-23(24(15-22)32-2)28-26(31)21-16-29(17-21)25(19-9-5-3-6-10-19)20-11-7-4-8-12-20/h3-15,21,25H,16-17H2,1-2H3,(H,27,30)(H,28,31). The molecule has 2 amide bonds. The minimum atomic E-state index is -0.162. The lowest BCUT2D eigenvalue weighted by atomic mass is 9.90. The number of benzene rings is 3. The number of likely N-dealkylation sites (tertiary alicyclic amines) is 1. The van der Waals surface area contributed by atoms with Crippen LogP contribution in [0.3, 0.4) is 0 Å². The summed E-state index contributed by atoms with van der Waals surface area (Å²) in [5.74, 6) is 0.202. The Bertz CT molecular complexity index is 1040. The van der Waals surface area contributed by atoms with Gasteiger partial charge in [-0.2, -0.15) is 0 Å². The van der Waals surface area contributed by atoms with Gasteiger partial charge in [0, 0.05) is 31.8 Å². The van der Waals surface area contributed by atoms with E-state index < -0.39 is 0 Å². The highest BCUT2D eigenvalue weighted by Crippen LogP contribution is 2.35. The summed E-state index contributed by atoms with van der Waals surface area (Å²) >= 11 is 0. The van der Waals surface area contributed by atoms with Crippen molar-refractivity contribution in [3.63, 3.8) is 0 Å². The van der Waals surface area contributed by atoms with Crippen LogP contribution in [0.15, 0.2) is 78.9 Å². The molecule has 0 radical (unpaired) electrons. The van der Waals surface area contributed by atoms with Crippen LogP contribution >= 0.6 is 0 Å². The van der Waals surface area contributed by atoms with Crippen LogP contribution in [0.4, 0.5) is 11.4 Å². The Morgan fingerprint density at radius 2 is 1.50 bits per heavy atom. The lowest BCUT2D eigenvalue weighted by Gasteiger charge is -2.44. The summed E-state index contributed by atoms with van der Waals surface area (Å²) in [6, 6.07) is 26.1. The highest BCUT2D eigenvalue weighted by Gasteiger charge is 2.38. The normalized spacial score (nSPS) is 14.0. The van der Waals surface area contributed by atoms with Crippen molar-refractivity contribution in [1.29, 1.82) is 0 Å². The van der Waals surface area contributed by atoms with Crippen molar-refractivity contribution in [2.75, 3.05) is 30.8 Å². The molecule has 32 heavy (non-hydrogen) atoms. The number of hydrogen-bond acceptors (Lipinski definition) is 4. The summed E-state index contributed by atoms with van der Waals surface area (Å²) in [5.41, 5.74) is 3.64. The number of carbonyl (C=O) groups excluding carboxylic acids is 2. The van der Waals surface area contributed by atoms with Crippen molar-refractivity contribution in [3.05, 3.63) is 90.0 Å². The van der Waals surface area contributed by atoms with Crippen molar-refractivity contribution in [1.82, 2.24) is 4.90 Å². The number of anilines is 2. The second-order valence-electron chi connectivity index (χ2n) is 7.96. The fourth-order valence-corrected chi connectivity index (χ4v) is 4.08. The molecule has 6 nitrogen and oxygen atoms in total. The number of ether oxygens (including phenoxy) is 1. The zero-order chi connectivity index (χ0) is 22.5. The molecular weight excluding hydrogens is 402 g/mol. The third-order valence-corrected chi connectivity index (χ3v) is 5.66. The van der Waals surface area contributed by atoms with Gasteiger partial charge in [0.2, 0.25) is 11.8 Å². The van der Waals surface area contributed by atoms with E-state index in [-0.39, 0.29) is 23.8 Å². The van der Waals surface area contributed by atoms with E-state index >= 15 is 0 Å². The third-order valence-electron chi connectivity index (χ3n) is 5.66. The van der Waals surface area contributed by atoms with Crippen LogP contribution in [0.2, 0.25) is 0 Å². The van der Waals surface area contributed by atoms with Gasteiger partial charge in [-0.05, 0) is 23.3 Å². The number of rotatable bonds is 7. The highest BCUT2D eigenvalue weighted by atomic mass is 16.5. The summed E-state index contributed by atoms with van der Waals surface area (Å²) < 4.78 is 5.40. The van der Waals surface area contributed by atoms with Crippen LogP contribution < -0.4 is 15.4 Å². The van der Waals surface area contributed by atoms with Crippen molar-refractivity contribution < 1.29 is 14.3 Å². The minimum absolute atomic E-state index is 0.0355. The predicted molar refractivity (Wildman–Crippen MR) is 126 cm³/mol. The summed E-state index contributed by atoms with van der Waals surface area (Å²) in [6.07, 6.45) is 0. The number of nitrogens with one attached hydrogen (secondary N) is 2. The Morgan fingerprint density at radius 1 is 0.906 bits per heavy atom. The minimum Gasteiger partial charge on any atom is -0.494 e. The van der Waals surface area contributed by atoms with Crippen molar-refractivity contribution >= 4 is 23.2 Å². The third kappa shape index (κ3) is 4.81.